The van der Waals surface area contributed by atoms with Gasteiger partial charge in [-0.05, 0) is 54.1 Å². The van der Waals surface area contributed by atoms with E-state index in [1.165, 1.54) is 11.0 Å². The van der Waals surface area contributed by atoms with E-state index >= 15 is 0 Å². The number of nitrogens with zero attached hydrogens (tertiary/aromatic N) is 1. The maximum atomic E-state index is 12.7. The van der Waals surface area contributed by atoms with Gasteiger partial charge in [-0.3, -0.25) is 10.2 Å². The first-order valence-electron chi connectivity index (χ1n) is 11.1. The van der Waals surface area contributed by atoms with Gasteiger partial charge in [0.1, 0.15) is 23.9 Å². The second-order valence-electron chi connectivity index (χ2n) is 7.68. The Hall–Kier alpha value is -4.98. The molecule has 0 saturated heterocycles. The van der Waals surface area contributed by atoms with Crippen molar-refractivity contribution in [3.63, 3.8) is 0 Å². The molecule has 0 unspecified atom stereocenters. The van der Waals surface area contributed by atoms with E-state index in [0.717, 1.165) is 0 Å². The second-order valence-corrected chi connectivity index (χ2v) is 7.68. The number of benzene rings is 4. The lowest BCUT2D eigenvalue weighted by Gasteiger charge is -2.18. The molecule has 2 amide bonds. The van der Waals surface area contributed by atoms with Gasteiger partial charge in [-0.25, -0.2) is 14.7 Å². The van der Waals surface area contributed by atoms with Gasteiger partial charge in [-0.15, -0.1) is 0 Å². The van der Waals surface area contributed by atoms with Crippen LogP contribution in [-0.2, 0) is 16.5 Å². The van der Waals surface area contributed by atoms with Crippen molar-refractivity contribution in [3.8, 4) is 23.0 Å². The van der Waals surface area contributed by atoms with Gasteiger partial charge in [0.15, 0.2) is 5.75 Å². The van der Waals surface area contributed by atoms with Crippen LogP contribution in [0.25, 0.3) is 0 Å². The number of amides is 2. The van der Waals surface area contributed by atoms with Crippen LogP contribution in [0.5, 0.6) is 23.0 Å². The third-order valence-corrected chi connectivity index (χ3v) is 5.07. The third-order valence-electron chi connectivity index (χ3n) is 5.07. The highest BCUT2D eigenvalue weighted by molar-refractivity contribution is 5.87. The Bertz CT molecular complexity index is 1330. The van der Waals surface area contributed by atoms with E-state index in [0.29, 0.717) is 28.5 Å². The molecule has 181 valence electrons. The normalized spacial score (nSPS) is 10.2. The Labute approximate surface area is 208 Å². The van der Waals surface area contributed by atoms with Crippen LogP contribution in [0.15, 0.2) is 103 Å². The van der Waals surface area contributed by atoms with E-state index in [1.54, 1.807) is 67.7 Å². The van der Waals surface area contributed by atoms with Gasteiger partial charge >= 0.3 is 12.2 Å². The molecule has 4 aromatic rings. The van der Waals surface area contributed by atoms with E-state index < -0.39 is 12.2 Å². The van der Waals surface area contributed by atoms with E-state index in [9.17, 15) is 14.7 Å². The molecule has 0 aliphatic heterocycles. The average molecular weight is 484 g/mol. The van der Waals surface area contributed by atoms with Crippen LogP contribution in [0.1, 0.15) is 5.56 Å². The first-order chi connectivity index (χ1) is 17.5. The summed E-state index contributed by atoms with van der Waals surface area (Å²) in [5.74, 6) is 2.03. The lowest BCUT2D eigenvalue weighted by molar-refractivity contribution is 0.148. The molecular weight excluding hydrogens is 460 g/mol. The fourth-order valence-electron chi connectivity index (χ4n) is 3.30. The molecule has 1 radical (unpaired) electrons. The van der Waals surface area contributed by atoms with Gasteiger partial charge in [-0.2, -0.15) is 0 Å². The summed E-state index contributed by atoms with van der Waals surface area (Å²) in [6, 6.07) is 30.1. The summed E-state index contributed by atoms with van der Waals surface area (Å²) in [4.78, 5) is 25.1. The van der Waals surface area contributed by atoms with E-state index in [1.807, 2.05) is 36.4 Å². The number of hydrogen-bond donors (Lipinski definition) is 1. The number of nitrogens with one attached hydrogen (secondary N) is 1. The summed E-state index contributed by atoms with van der Waals surface area (Å²) in [5.41, 5.74) is 1.41. The molecule has 0 fully saturated rings. The number of ether oxygens (including phenoxy) is 3. The summed E-state index contributed by atoms with van der Waals surface area (Å²) in [6.07, 6.45) is -2.04. The van der Waals surface area contributed by atoms with Gasteiger partial charge in [-0.1, -0.05) is 48.5 Å². The lowest BCUT2D eigenvalue weighted by atomic mass is 10.2. The molecule has 0 aliphatic carbocycles. The molecule has 36 heavy (non-hydrogen) atoms. The monoisotopic (exact) mass is 483 g/mol. The predicted molar refractivity (Wildman–Crippen MR) is 134 cm³/mol. The summed E-state index contributed by atoms with van der Waals surface area (Å²) < 4.78 is 17.1. The Kier molecular flexibility index (Phi) is 7.67. The summed E-state index contributed by atoms with van der Waals surface area (Å²) >= 11 is 0. The summed E-state index contributed by atoms with van der Waals surface area (Å²) in [5, 5.41) is 13.2. The molecule has 1 N–H and O–H groups in total. The first kappa shape index (κ1) is 24.2. The molecule has 4 aromatic carbocycles. The molecular formula is C28H23N2O6. The van der Waals surface area contributed by atoms with Crippen LogP contribution in [0.4, 0.5) is 21.0 Å². The Morgan fingerprint density at radius 2 is 1.39 bits per heavy atom. The minimum Gasteiger partial charge on any atom is -0.457 e. The van der Waals surface area contributed by atoms with Gasteiger partial charge in [0.05, 0.1) is 11.4 Å². The zero-order valence-corrected chi connectivity index (χ0v) is 19.4. The molecule has 0 aromatic heterocycles. The zero-order chi connectivity index (χ0) is 25.3. The third kappa shape index (κ3) is 6.54. The predicted octanol–water partition coefficient (Wildman–Crippen LogP) is 7.01. The molecule has 4 rings (SSSR count). The minimum atomic E-state index is -1.47. The van der Waals surface area contributed by atoms with Crippen molar-refractivity contribution in [2.24, 2.45) is 0 Å². The molecule has 0 saturated carbocycles. The lowest BCUT2D eigenvalue weighted by Crippen LogP contribution is -2.26. The highest BCUT2D eigenvalue weighted by Crippen LogP contribution is 2.31. The molecule has 8 nitrogen and oxygen atoms in total. The van der Waals surface area contributed by atoms with Crippen LogP contribution >= 0.6 is 0 Å². The van der Waals surface area contributed by atoms with Gasteiger partial charge in [0.2, 0.25) is 0 Å². The smallest absolute Gasteiger partial charge is 0.455 e. The van der Waals surface area contributed by atoms with E-state index in [4.69, 9.17) is 14.2 Å². The Morgan fingerprint density at radius 1 is 0.750 bits per heavy atom. The average Bonchev–Trinajstić information content (AvgIpc) is 2.89. The molecule has 8 heteroatoms. The number of anilines is 2. The van der Waals surface area contributed by atoms with E-state index in [2.05, 4.69) is 5.32 Å². The van der Waals surface area contributed by atoms with Gasteiger partial charge in [0, 0.05) is 13.1 Å². The van der Waals surface area contributed by atoms with Crippen molar-refractivity contribution in [1.82, 2.24) is 0 Å². The second kappa shape index (κ2) is 11.4. The number of hydrogen-bond acceptors (Lipinski definition) is 5. The standard InChI is InChI=1S/C28H23N2O6/c1-30(21-9-8-14-24(18-21)35-22-10-4-2-5-11-22)28(33)34-19-20-15-16-25(29-27(31)32)26(17-20)36-23-12-6-3-7-13-23/h2-18,29H,19H2,1H3. The Morgan fingerprint density at radius 3 is 2.06 bits per heavy atom. The van der Waals surface area contributed by atoms with Crippen LogP contribution in [-0.4, -0.2) is 19.2 Å². The van der Waals surface area contributed by atoms with Gasteiger partial charge < -0.3 is 14.2 Å². The topological polar surface area (TPSA) is 97.0 Å². The highest BCUT2D eigenvalue weighted by Gasteiger charge is 2.15. The zero-order valence-electron chi connectivity index (χ0n) is 19.4. The van der Waals surface area contributed by atoms with Crippen molar-refractivity contribution in [2.45, 2.75) is 6.61 Å². The van der Waals surface area contributed by atoms with E-state index in [-0.39, 0.29) is 18.0 Å². The van der Waals surface area contributed by atoms with Crippen molar-refractivity contribution in [1.29, 1.82) is 0 Å². The van der Waals surface area contributed by atoms with Gasteiger partial charge in [0.25, 0.3) is 0 Å². The fourth-order valence-corrected chi connectivity index (χ4v) is 3.30. The van der Waals surface area contributed by atoms with Crippen molar-refractivity contribution >= 4 is 23.6 Å². The summed E-state index contributed by atoms with van der Waals surface area (Å²) in [6.45, 7) is -0.0554. The summed E-state index contributed by atoms with van der Waals surface area (Å²) in [7, 11) is 1.60. The van der Waals surface area contributed by atoms with Crippen molar-refractivity contribution in [3.05, 3.63) is 109 Å². The highest BCUT2D eigenvalue weighted by atomic mass is 16.6. The van der Waals surface area contributed by atoms with Crippen LogP contribution in [0.3, 0.4) is 0 Å². The number of para-hydroxylation sites is 2. The number of rotatable bonds is 8. The fraction of sp³-hybridized carbons (Fsp3) is 0.0714. The number of carbonyl (C=O) groups is 2. The first-order valence-corrected chi connectivity index (χ1v) is 11.1. The van der Waals surface area contributed by atoms with Crippen LogP contribution in [0, 0.1) is 0 Å². The van der Waals surface area contributed by atoms with Crippen molar-refractivity contribution in [2.75, 3.05) is 17.3 Å². The van der Waals surface area contributed by atoms with Crippen LogP contribution < -0.4 is 19.7 Å². The maximum absolute atomic E-state index is 12.7. The Balaban J connectivity index is 1.43. The molecule has 0 bridgehead atoms. The molecule has 0 atom stereocenters. The number of carbonyl (C=O) groups excluding carboxylic acids is 2. The van der Waals surface area contributed by atoms with Crippen molar-refractivity contribution < 1.29 is 28.9 Å². The largest absolute Gasteiger partial charge is 0.457 e. The minimum absolute atomic E-state index is 0.0554. The molecule has 0 aliphatic rings. The maximum Gasteiger partial charge on any atom is 0.455 e. The molecule has 0 spiro atoms. The molecule has 0 heterocycles. The SMILES string of the molecule is CN(C(=O)OCc1ccc(NC([O])=O)c(Oc2ccccc2)c1)c1cccc(Oc2ccccc2)c1. The van der Waals surface area contributed by atoms with Crippen LogP contribution in [0.2, 0.25) is 0 Å². The quantitative estimate of drug-likeness (QED) is 0.291.